The molecule has 0 unspecified atom stereocenters. The molecule has 0 bridgehead atoms. The van der Waals surface area contributed by atoms with E-state index in [1.54, 1.807) is 11.3 Å². The summed E-state index contributed by atoms with van der Waals surface area (Å²) in [4.78, 5) is 13.0. The van der Waals surface area contributed by atoms with E-state index in [-0.39, 0.29) is 12.5 Å². The minimum Gasteiger partial charge on any atom is -0.483 e. The Morgan fingerprint density at radius 3 is 2.45 bits per heavy atom. The number of aryl methyl sites for hydroxylation is 3. The van der Waals surface area contributed by atoms with Crippen molar-refractivity contribution in [2.75, 3.05) is 6.61 Å². The lowest BCUT2D eigenvalue weighted by molar-refractivity contribution is -0.123. The lowest BCUT2D eigenvalue weighted by atomic mass is 10.1. The Labute approximate surface area is 123 Å². The fraction of sp³-hybridized carbons (Fsp3) is 0.312. The average Bonchev–Trinajstić information content (AvgIpc) is 2.81. The van der Waals surface area contributed by atoms with Crippen LogP contribution < -0.4 is 10.1 Å². The molecule has 3 nitrogen and oxygen atoms in total. The number of rotatable bonds is 5. The van der Waals surface area contributed by atoms with Crippen LogP contribution in [-0.4, -0.2) is 12.5 Å². The summed E-state index contributed by atoms with van der Waals surface area (Å²) in [6, 6.07) is 8.00. The third kappa shape index (κ3) is 3.61. The highest BCUT2D eigenvalue weighted by Crippen LogP contribution is 2.22. The Morgan fingerprint density at radius 1 is 1.15 bits per heavy atom. The Kier molecular flexibility index (Phi) is 4.79. The number of nitrogens with one attached hydrogen (secondary N) is 1. The van der Waals surface area contributed by atoms with Crippen LogP contribution in [0.5, 0.6) is 5.75 Å². The van der Waals surface area contributed by atoms with E-state index < -0.39 is 0 Å². The van der Waals surface area contributed by atoms with Crippen molar-refractivity contribution < 1.29 is 9.53 Å². The number of amides is 1. The van der Waals surface area contributed by atoms with E-state index in [1.807, 2.05) is 44.4 Å². The van der Waals surface area contributed by atoms with Gasteiger partial charge >= 0.3 is 0 Å². The monoisotopic (exact) mass is 289 g/mol. The lowest BCUT2D eigenvalue weighted by Gasteiger charge is -2.11. The smallest absolute Gasteiger partial charge is 0.258 e. The largest absolute Gasteiger partial charge is 0.483 e. The number of ether oxygens (including phenoxy) is 1. The molecule has 0 saturated carbocycles. The third-order valence-electron chi connectivity index (χ3n) is 3.17. The minimum atomic E-state index is -0.0968. The molecule has 2 rings (SSSR count). The molecule has 4 heteroatoms. The van der Waals surface area contributed by atoms with Gasteiger partial charge in [0.1, 0.15) is 5.75 Å². The summed E-state index contributed by atoms with van der Waals surface area (Å²) in [5.74, 6) is 0.704. The number of para-hydroxylation sites is 1. The summed E-state index contributed by atoms with van der Waals surface area (Å²) >= 11 is 1.66. The second kappa shape index (κ2) is 6.57. The number of hydrogen-bond acceptors (Lipinski definition) is 3. The standard InChI is InChI=1S/C16H19NO2S/c1-11-7-8-20-14(11)9-17-15(18)10-19-16-12(2)5-4-6-13(16)3/h4-8H,9-10H2,1-3H3,(H,17,18). The first kappa shape index (κ1) is 14.6. The van der Waals surface area contributed by atoms with Gasteiger partial charge in [0.25, 0.3) is 5.91 Å². The van der Waals surface area contributed by atoms with Gasteiger partial charge in [-0.2, -0.15) is 0 Å². The van der Waals surface area contributed by atoms with E-state index in [0.29, 0.717) is 6.54 Å². The van der Waals surface area contributed by atoms with Crippen LogP contribution in [0.15, 0.2) is 29.6 Å². The Hall–Kier alpha value is -1.81. The van der Waals surface area contributed by atoms with Crippen molar-refractivity contribution in [1.29, 1.82) is 0 Å². The van der Waals surface area contributed by atoms with E-state index in [9.17, 15) is 4.79 Å². The maximum absolute atomic E-state index is 11.8. The zero-order chi connectivity index (χ0) is 14.5. The molecule has 0 aliphatic heterocycles. The van der Waals surface area contributed by atoms with Crippen LogP contribution in [0.3, 0.4) is 0 Å². The van der Waals surface area contributed by atoms with E-state index in [4.69, 9.17) is 4.74 Å². The number of carbonyl (C=O) groups is 1. The molecule has 0 aliphatic carbocycles. The van der Waals surface area contributed by atoms with Gasteiger partial charge in [0.15, 0.2) is 6.61 Å². The van der Waals surface area contributed by atoms with Gasteiger partial charge in [0.2, 0.25) is 0 Å². The molecule has 0 atom stereocenters. The fourth-order valence-corrected chi connectivity index (χ4v) is 2.83. The molecule has 0 radical (unpaired) electrons. The molecule has 20 heavy (non-hydrogen) atoms. The van der Waals surface area contributed by atoms with Crippen LogP contribution in [-0.2, 0) is 11.3 Å². The summed E-state index contributed by atoms with van der Waals surface area (Å²) in [5, 5.41) is 4.91. The Bertz CT molecular complexity index is 584. The van der Waals surface area contributed by atoms with Crippen LogP contribution in [0.1, 0.15) is 21.6 Å². The minimum absolute atomic E-state index is 0.0517. The van der Waals surface area contributed by atoms with Crippen LogP contribution in [0, 0.1) is 20.8 Å². The lowest BCUT2D eigenvalue weighted by Crippen LogP contribution is -2.28. The normalized spacial score (nSPS) is 10.3. The first-order chi connectivity index (χ1) is 9.58. The van der Waals surface area contributed by atoms with Gasteiger partial charge in [0, 0.05) is 4.88 Å². The van der Waals surface area contributed by atoms with Gasteiger partial charge in [-0.25, -0.2) is 0 Å². The highest BCUT2D eigenvalue weighted by Gasteiger charge is 2.08. The highest BCUT2D eigenvalue weighted by atomic mass is 32.1. The van der Waals surface area contributed by atoms with Crippen molar-refractivity contribution in [2.24, 2.45) is 0 Å². The van der Waals surface area contributed by atoms with Gasteiger partial charge in [-0.1, -0.05) is 18.2 Å². The highest BCUT2D eigenvalue weighted by molar-refractivity contribution is 7.10. The van der Waals surface area contributed by atoms with Gasteiger partial charge in [-0.15, -0.1) is 11.3 Å². The van der Waals surface area contributed by atoms with E-state index >= 15 is 0 Å². The molecule has 106 valence electrons. The fourth-order valence-electron chi connectivity index (χ4n) is 1.98. The van der Waals surface area contributed by atoms with E-state index in [1.165, 1.54) is 10.4 Å². The molecule has 1 amide bonds. The Morgan fingerprint density at radius 2 is 1.85 bits per heavy atom. The molecular weight excluding hydrogens is 270 g/mol. The van der Waals surface area contributed by atoms with Crippen molar-refractivity contribution in [3.63, 3.8) is 0 Å². The SMILES string of the molecule is Cc1ccsc1CNC(=O)COc1c(C)cccc1C. The summed E-state index contributed by atoms with van der Waals surface area (Å²) in [7, 11) is 0. The zero-order valence-corrected chi connectivity index (χ0v) is 12.8. The first-order valence-electron chi connectivity index (χ1n) is 6.56. The molecule has 0 aliphatic rings. The topological polar surface area (TPSA) is 38.3 Å². The maximum Gasteiger partial charge on any atom is 0.258 e. The predicted octanol–water partition coefficient (Wildman–Crippen LogP) is 3.37. The zero-order valence-electron chi connectivity index (χ0n) is 12.0. The molecular formula is C16H19NO2S. The third-order valence-corrected chi connectivity index (χ3v) is 4.19. The van der Waals surface area contributed by atoms with Crippen molar-refractivity contribution in [1.82, 2.24) is 5.32 Å². The summed E-state index contributed by atoms with van der Waals surface area (Å²) in [6.07, 6.45) is 0. The number of carbonyl (C=O) groups excluding carboxylic acids is 1. The molecule has 1 heterocycles. The van der Waals surface area contributed by atoms with Gasteiger partial charge < -0.3 is 10.1 Å². The van der Waals surface area contributed by atoms with Crippen LogP contribution in [0.25, 0.3) is 0 Å². The van der Waals surface area contributed by atoms with Gasteiger partial charge in [-0.05, 0) is 48.9 Å². The van der Waals surface area contributed by atoms with Crippen LogP contribution in [0.4, 0.5) is 0 Å². The molecule has 0 saturated heterocycles. The van der Waals surface area contributed by atoms with Crippen LogP contribution in [0.2, 0.25) is 0 Å². The second-order valence-corrected chi connectivity index (χ2v) is 5.81. The maximum atomic E-state index is 11.8. The van der Waals surface area contributed by atoms with Crippen molar-refractivity contribution >= 4 is 17.2 Å². The predicted molar refractivity (Wildman–Crippen MR) is 82.3 cm³/mol. The van der Waals surface area contributed by atoms with Crippen LogP contribution >= 0.6 is 11.3 Å². The molecule has 0 spiro atoms. The second-order valence-electron chi connectivity index (χ2n) is 4.81. The quantitative estimate of drug-likeness (QED) is 0.916. The van der Waals surface area contributed by atoms with Gasteiger partial charge in [-0.3, -0.25) is 4.79 Å². The molecule has 0 fully saturated rings. The summed E-state index contributed by atoms with van der Waals surface area (Å²) in [6.45, 7) is 6.63. The number of hydrogen-bond donors (Lipinski definition) is 1. The van der Waals surface area contributed by atoms with Gasteiger partial charge in [0.05, 0.1) is 6.54 Å². The molecule has 2 aromatic rings. The van der Waals surface area contributed by atoms with Crippen molar-refractivity contribution in [2.45, 2.75) is 27.3 Å². The van der Waals surface area contributed by atoms with E-state index in [0.717, 1.165) is 16.9 Å². The Balaban J connectivity index is 1.85. The van der Waals surface area contributed by atoms with Crippen molar-refractivity contribution in [3.05, 3.63) is 51.2 Å². The number of benzene rings is 1. The number of thiophene rings is 1. The summed E-state index contributed by atoms with van der Waals surface area (Å²) < 4.78 is 5.62. The molecule has 1 aromatic heterocycles. The average molecular weight is 289 g/mol. The molecule has 1 aromatic carbocycles. The first-order valence-corrected chi connectivity index (χ1v) is 7.44. The van der Waals surface area contributed by atoms with Crippen molar-refractivity contribution in [3.8, 4) is 5.75 Å². The molecule has 1 N–H and O–H groups in total. The summed E-state index contributed by atoms with van der Waals surface area (Å²) in [5.41, 5.74) is 3.31. The van der Waals surface area contributed by atoms with E-state index in [2.05, 4.69) is 11.4 Å².